The van der Waals surface area contributed by atoms with Gasteiger partial charge in [-0.25, -0.2) is 4.98 Å². The molecule has 9 heteroatoms. The van der Waals surface area contributed by atoms with Crippen molar-refractivity contribution < 1.29 is 25.2 Å². The first-order valence-corrected chi connectivity index (χ1v) is 7.70. The van der Waals surface area contributed by atoms with Crippen LogP contribution >= 0.6 is 15.9 Å². The quantitative estimate of drug-likeness (QED) is 0.397. The Balaban J connectivity index is 2.37. The van der Waals surface area contributed by atoms with Crippen molar-refractivity contribution in [3.8, 4) is 0 Å². The van der Waals surface area contributed by atoms with Crippen molar-refractivity contribution in [3.63, 3.8) is 0 Å². The number of imidazole rings is 1. The maximum absolute atomic E-state index is 11.4. The molecule has 126 valence electrons. The van der Waals surface area contributed by atoms with Crippen LogP contribution in [0.25, 0.3) is 11.0 Å². The van der Waals surface area contributed by atoms with Crippen molar-refractivity contribution in [2.45, 2.75) is 31.3 Å². The first-order chi connectivity index (χ1) is 10.8. The molecule has 1 aromatic carbocycles. The molecule has 1 amide bonds. The summed E-state index contributed by atoms with van der Waals surface area (Å²) in [5.41, 5.74) is 1.29. The smallest absolute Gasteiger partial charge is 0.217 e. The number of rotatable bonds is 6. The molecular weight excluding hydrogens is 370 g/mol. The Hall–Kier alpha value is -1.52. The fraction of sp³-hybridized carbons (Fsp3) is 0.429. The maximum atomic E-state index is 11.4. The molecular formula is C14H18BrN3O5. The zero-order valence-electron chi connectivity index (χ0n) is 12.3. The number of H-pyrrole nitrogens is 1. The molecule has 0 radical (unpaired) electrons. The van der Waals surface area contributed by atoms with Gasteiger partial charge in [0.25, 0.3) is 0 Å². The van der Waals surface area contributed by atoms with Gasteiger partial charge < -0.3 is 30.7 Å². The van der Waals surface area contributed by atoms with Gasteiger partial charge in [-0.3, -0.25) is 4.79 Å². The van der Waals surface area contributed by atoms with Crippen LogP contribution in [-0.4, -0.2) is 61.2 Å². The van der Waals surface area contributed by atoms with Gasteiger partial charge in [-0.15, -0.1) is 0 Å². The van der Waals surface area contributed by atoms with Gasteiger partial charge in [0.15, 0.2) is 0 Å². The highest BCUT2D eigenvalue weighted by molar-refractivity contribution is 9.10. The molecule has 0 aliphatic heterocycles. The summed E-state index contributed by atoms with van der Waals surface area (Å²) >= 11 is 3.33. The average molecular weight is 388 g/mol. The van der Waals surface area contributed by atoms with Crippen molar-refractivity contribution in [3.05, 3.63) is 28.5 Å². The normalized spacial score (nSPS) is 16.8. The van der Waals surface area contributed by atoms with Gasteiger partial charge in [0, 0.05) is 11.4 Å². The van der Waals surface area contributed by atoms with Crippen molar-refractivity contribution in [1.82, 2.24) is 15.3 Å². The number of amides is 1. The Labute approximate surface area is 140 Å². The molecule has 1 aromatic heterocycles. The largest absolute Gasteiger partial charge is 0.394 e. The fourth-order valence-electron chi connectivity index (χ4n) is 2.22. The molecule has 0 aliphatic rings. The van der Waals surface area contributed by atoms with E-state index in [0.29, 0.717) is 11.0 Å². The molecule has 2 rings (SSSR count). The summed E-state index contributed by atoms with van der Waals surface area (Å²) in [5, 5.41) is 41.0. The standard InChI is InChI=1S/C14H18BrN3O5/c1-6(20)16-11(13(23)12(22)10(21)5-19)14-17-8-3-2-7(15)4-9(8)18-14/h2-4,10-13,19,21-23H,5H2,1H3,(H,16,20)(H,17,18)/t10?,11-,12?,13?/m0/s1. The van der Waals surface area contributed by atoms with Crippen molar-refractivity contribution in [2.75, 3.05) is 6.61 Å². The summed E-state index contributed by atoms with van der Waals surface area (Å²) in [5.74, 6) is -0.216. The van der Waals surface area contributed by atoms with Crippen LogP contribution in [0.15, 0.2) is 22.7 Å². The molecule has 23 heavy (non-hydrogen) atoms. The SMILES string of the molecule is CC(=O)N[C@H](c1nc2ccc(Br)cc2[nH]1)C(O)C(O)C(O)CO. The Morgan fingerprint density at radius 1 is 1.35 bits per heavy atom. The third kappa shape index (κ3) is 4.06. The van der Waals surface area contributed by atoms with E-state index in [0.717, 1.165) is 4.47 Å². The minimum atomic E-state index is -1.66. The van der Waals surface area contributed by atoms with Crippen LogP contribution in [0.2, 0.25) is 0 Å². The number of nitrogens with zero attached hydrogens (tertiary/aromatic N) is 1. The van der Waals surface area contributed by atoms with Crippen LogP contribution in [0.3, 0.4) is 0 Å². The summed E-state index contributed by atoms with van der Waals surface area (Å²) in [4.78, 5) is 18.7. The lowest BCUT2D eigenvalue weighted by Crippen LogP contribution is -2.47. The molecule has 0 saturated carbocycles. The molecule has 3 unspecified atom stereocenters. The third-order valence-electron chi connectivity index (χ3n) is 3.39. The predicted octanol–water partition coefficient (Wildman–Crippen LogP) is -0.422. The van der Waals surface area contributed by atoms with Crippen LogP contribution in [0.1, 0.15) is 18.8 Å². The number of aliphatic hydroxyl groups is 4. The Morgan fingerprint density at radius 3 is 2.65 bits per heavy atom. The molecule has 0 fully saturated rings. The van der Waals surface area contributed by atoms with Crippen LogP contribution < -0.4 is 5.32 Å². The van der Waals surface area contributed by atoms with Crippen LogP contribution in [0.4, 0.5) is 0 Å². The van der Waals surface area contributed by atoms with E-state index in [1.807, 2.05) is 0 Å². The summed E-state index contributed by atoms with van der Waals surface area (Å²) < 4.78 is 0.826. The van der Waals surface area contributed by atoms with E-state index in [-0.39, 0.29) is 5.82 Å². The van der Waals surface area contributed by atoms with Gasteiger partial charge in [-0.05, 0) is 18.2 Å². The molecule has 4 atom stereocenters. The van der Waals surface area contributed by atoms with Gasteiger partial charge in [-0.1, -0.05) is 15.9 Å². The average Bonchev–Trinajstić information content (AvgIpc) is 2.92. The highest BCUT2D eigenvalue weighted by Crippen LogP contribution is 2.23. The number of aromatic amines is 1. The third-order valence-corrected chi connectivity index (χ3v) is 3.88. The topological polar surface area (TPSA) is 139 Å². The summed E-state index contributed by atoms with van der Waals surface area (Å²) in [6.07, 6.45) is -4.76. The van der Waals surface area contributed by atoms with E-state index in [1.165, 1.54) is 6.92 Å². The van der Waals surface area contributed by atoms with E-state index in [4.69, 9.17) is 5.11 Å². The number of carbonyl (C=O) groups is 1. The van der Waals surface area contributed by atoms with Gasteiger partial charge >= 0.3 is 0 Å². The number of halogens is 1. The molecule has 0 bridgehead atoms. The number of hydrogen-bond donors (Lipinski definition) is 6. The molecule has 8 nitrogen and oxygen atoms in total. The number of aliphatic hydroxyl groups excluding tert-OH is 4. The molecule has 2 aromatic rings. The zero-order valence-corrected chi connectivity index (χ0v) is 13.9. The molecule has 6 N–H and O–H groups in total. The first kappa shape index (κ1) is 17.8. The monoisotopic (exact) mass is 387 g/mol. The minimum absolute atomic E-state index is 0.227. The second-order valence-corrected chi connectivity index (χ2v) is 6.11. The number of nitrogens with one attached hydrogen (secondary N) is 2. The van der Waals surface area contributed by atoms with Crippen molar-refractivity contribution in [1.29, 1.82) is 0 Å². The van der Waals surface area contributed by atoms with E-state index in [1.54, 1.807) is 18.2 Å². The number of fused-ring (bicyclic) bond motifs is 1. The highest BCUT2D eigenvalue weighted by Gasteiger charge is 2.34. The first-order valence-electron chi connectivity index (χ1n) is 6.90. The van der Waals surface area contributed by atoms with E-state index in [9.17, 15) is 20.1 Å². The van der Waals surface area contributed by atoms with Crippen LogP contribution in [-0.2, 0) is 4.79 Å². The summed E-state index contributed by atoms with van der Waals surface area (Å²) in [7, 11) is 0. The van der Waals surface area contributed by atoms with Crippen molar-refractivity contribution >= 4 is 32.9 Å². The number of carbonyl (C=O) groups excluding carboxylic acids is 1. The number of benzene rings is 1. The summed E-state index contributed by atoms with van der Waals surface area (Å²) in [6.45, 7) is 0.534. The molecule has 0 spiro atoms. The fourth-order valence-corrected chi connectivity index (χ4v) is 2.58. The Morgan fingerprint density at radius 2 is 2.04 bits per heavy atom. The lowest BCUT2D eigenvalue weighted by atomic mass is 10.0. The maximum Gasteiger partial charge on any atom is 0.217 e. The van der Waals surface area contributed by atoms with Crippen LogP contribution in [0.5, 0.6) is 0 Å². The zero-order chi connectivity index (χ0) is 17.1. The molecule has 1 heterocycles. The second kappa shape index (κ2) is 7.37. The molecule has 0 aliphatic carbocycles. The van der Waals surface area contributed by atoms with Crippen LogP contribution in [0, 0.1) is 0 Å². The van der Waals surface area contributed by atoms with E-state index < -0.39 is 36.9 Å². The molecule has 0 saturated heterocycles. The van der Waals surface area contributed by atoms with Gasteiger partial charge in [-0.2, -0.15) is 0 Å². The van der Waals surface area contributed by atoms with E-state index in [2.05, 4.69) is 31.2 Å². The summed E-state index contributed by atoms with van der Waals surface area (Å²) in [6, 6.07) is 4.24. The highest BCUT2D eigenvalue weighted by atomic mass is 79.9. The second-order valence-electron chi connectivity index (χ2n) is 5.19. The van der Waals surface area contributed by atoms with Gasteiger partial charge in [0.1, 0.15) is 30.2 Å². The van der Waals surface area contributed by atoms with E-state index >= 15 is 0 Å². The van der Waals surface area contributed by atoms with Crippen molar-refractivity contribution in [2.24, 2.45) is 0 Å². The Bertz CT molecular complexity index is 692. The lowest BCUT2D eigenvalue weighted by molar-refractivity contribution is -0.123. The predicted molar refractivity (Wildman–Crippen MR) is 85.5 cm³/mol. The van der Waals surface area contributed by atoms with Gasteiger partial charge in [0.05, 0.1) is 17.6 Å². The Kier molecular flexibility index (Phi) is 5.71. The minimum Gasteiger partial charge on any atom is -0.394 e. The number of hydrogen-bond acceptors (Lipinski definition) is 6. The number of aromatic nitrogens is 2. The van der Waals surface area contributed by atoms with Gasteiger partial charge in [0.2, 0.25) is 5.91 Å². The lowest BCUT2D eigenvalue weighted by Gasteiger charge is -2.28.